The molecule has 0 radical (unpaired) electrons. The predicted octanol–water partition coefficient (Wildman–Crippen LogP) is 4.35. The fraction of sp³-hybridized carbons (Fsp3) is 0.382. The van der Waals surface area contributed by atoms with Crippen LogP contribution in [0.15, 0.2) is 71.6 Å². The van der Waals surface area contributed by atoms with Crippen LogP contribution in [0, 0.1) is 18.3 Å². The number of amides is 2. The number of halogens is 2. The van der Waals surface area contributed by atoms with Crippen molar-refractivity contribution >= 4 is 50.9 Å². The number of amidine groups is 1. The van der Waals surface area contributed by atoms with E-state index < -0.39 is 22.5 Å². The minimum Gasteiger partial charge on any atom is -0.384 e. The lowest BCUT2D eigenvalue weighted by atomic mass is 9.94. The summed E-state index contributed by atoms with van der Waals surface area (Å²) in [6.07, 6.45) is 3.27. The lowest BCUT2D eigenvalue weighted by Gasteiger charge is -2.28. The van der Waals surface area contributed by atoms with Crippen molar-refractivity contribution < 1.29 is 18.0 Å². The first kappa shape index (κ1) is 36.4. The Kier molecular flexibility index (Phi) is 13.2. The molecule has 0 atom stereocenters. The van der Waals surface area contributed by atoms with E-state index in [0.717, 1.165) is 47.8 Å². The highest BCUT2D eigenvalue weighted by atomic mass is 35.5. The number of rotatable bonds is 15. The minimum absolute atomic E-state index is 0.00137. The number of nitrogens with two attached hydrogens (primary N) is 1. The summed E-state index contributed by atoms with van der Waals surface area (Å²) in [4.78, 5) is 28.3. The monoisotopic (exact) mass is 700 g/mol. The summed E-state index contributed by atoms with van der Waals surface area (Å²) in [6, 6.07) is 19.3. The Labute approximate surface area is 287 Å². The largest absolute Gasteiger partial charge is 0.384 e. The van der Waals surface area contributed by atoms with E-state index in [1.165, 1.54) is 12.1 Å². The molecule has 3 aromatic rings. The quantitative estimate of drug-likeness (QED) is 0.137. The van der Waals surface area contributed by atoms with Crippen LogP contribution >= 0.6 is 23.2 Å². The van der Waals surface area contributed by atoms with Gasteiger partial charge in [0, 0.05) is 30.2 Å². The molecule has 1 heterocycles. The van der Waals surface area contributed by atoms with Gasteiger partial charge in [0.05, 0.1) is 18.1 Å². The highest BCUT2D eigenvalue weighted by Gasteiger charge is 2.30. The Morgan fingerprint density at radius 1 is 0.979 bits per heavy atom. The Bertz CT molecular complexity index is 1650. The number of hydrogen-bond acceptors (Lipinski definition) is 6. The SMILES string of the molecule is Cc1c(Cl)ccc(S(=O)(=O)N(CCc2ccccc2)CC(=O)NCC(=O)N(CCC2CCNCC2)Cc2ccc(C(=N)N)cc2)c1Cl. The topological polar surface area (TPSA) is 149 Å². The third kappa shape index (κ3) is 10.3. The van der Waals surface area contributed by atoms with E-state index in [1.807, 2.05) is 42.5 Å². The van der Waals surface area contributed by atoms with E-state index in [-0.39, 0.29) is 34.8 Å². The molecule has 5 N–H and O–H groups in total. The van der Waals surface area contributed by atoms with Crippen LogP contribution in [-0.2, 0) is 32.6 Å². The van der Waals surface area contributed by atoms with Gasteiger partial charge in [0.1, 0.15) is 10.7 Å². The highest BCUT2D eigenvalue weighted by molar-refractivity contribution is 7.89. The van der Waals surface area contributed by atoms with Crippen molar-refractivity contribution in [1.82, 2.24) is 19.8 Å². The van der Waals surface area contributed by atoms with Crippen LogP contribution in [0.3, 0.4) is 0 Å². The van der Waals surface area contributed by atoms with Crippen molar-refractivity contribution in [3.8, 4) is 0 Å². The molecule has 10 nitrogen and oxygen atoms in total. The van der Waals surface area contributed by atoms with Gasteiger partial charge in [0.2, 0.25) is 21.8 Å². The third-order valence-electron chi connectivity index (χ3n) is 8.41. The minimum atomic E-state index is -4.21. The Balaban J connectivity index is 1.46. The number of sulfonamides is 1. The van der Waals surface area contributed by atoms with Crippen molar-refractivity contribution in [3.05, 3.63) is 99.0 Å². The molecule has 0 unspecified atom stereocenters. The molecule has 1 aliphatic rings. The van der Waals surface area contributed by atoms with Crippen molar-refractivity contribution in [2.24, 2.45) is 11.7 Å². The summed E-state index contributed by atoms with van der Waals surface area (Å²) in [7, 11) is -4.21. The molecule has 1 aliphatic heterocycles. The van der Waals surface area contributed by atoms with Gasteiger partial charge in [-0.3, -0.25) is 15.0 Å². The van der Waals surface area contributed by atoms with Crippen LogP contribution in [0.4, 0.5) is 0 Å². The highest BCUT2D eigenvalue weighted by Crippen LogP contribution is 2.32. The van der Waals surface area contributed by atoms with Gasteiger partial charge in [0.15, 0.2) is 0 Å². The van der Waals surface area contributed by atoms with Gasteiger partial charge in [-0.2, -0.15) is 4.31 Å². The van der Waals surface area contributed by atoms with E-state index in [1.54, 1.807) is 24.0 Å². The van der Waals surface area contributed by atoms with E-state index >= 15 is 0 Å². The molecule has 13 heteroatoms. The van der Waals surface area contributed by atoms with Crippen molar-refractivity contribution in [2.75, 3.05) is 39.3 Å². The van der Waals surface area contributed by atoms with Gasteiger partial charge in [-0.1, -0.05) is 77.8 Å². The molecular weight excluding hydrogens is 659 g/mol. The number of carbonyl (C=O) groups is 2. The molecule has 3 aromatic carbocycles. The average Bonchev–Trinajstić information content (AvgIpc) is 3.07. The van der Waals surface area contributed by atoms with E-state index in [0.29, 0.717) is 41.6 Å². The first-order valence-electron chi connectivity index (χ1n) is 15.6. The molecule has 1 fully saturated rings. The van der Waals surface area contributed by atoms with Crippen molar-refractivity contribution in [3.63, 3.8) is 0 Å². The fourth-order valence-corrected chi connectivity index (χ4v) is 7.65. The van der Waals surface area contributed by atoms with Gasteiger partial charge in [-0.15, -0.1) is 0 Å². The van der Waals surface area contributed by atoms with E-state index in [2.05, 4.69) is 10.6 Å². The molecule has 0 spiro atoms. The number of piperidine rings is 1. The molecular formula is C34H42Cl2N6O4S. The fourth-order valence-electron chi connectivity index (χ4n) is 5.47. The zero-order valence-electron chi connectivity index (χ0n) is 26.5. The van der Waals surface area contributed by atoms with Crippen LogP contribution in [0.5, 0.6) is 0 Å². The van der Waals surface area contributed by atoms with Crippen LogP contribution < -0.4 is 16.4 Å². The third-order valence-corrected chi connectivity index (χ3v) is 11.3. The maximum absolute atomic E-state index is 13.8. The van der Waals surface area contributed by atoms with Crippen LogP contribution in [0.2, 0.25) is 10.0 Å². The van der Waals surface area contributed by atoms with Gasteiger partial charge in [0.25, 0.3) is 0 Å². The van der Waals surface area contributed by atoms with Crippen LogP contribution in [0.1, 0.15) is 41.5 Å². The zero-order chi connectivity index (χ0) is 34.0. The van der Waals surface area contributed by atoms with Crippen LogP contribution in [0.25, 0.3) is 0 Å². The summed E-state index contributed by atoms with van der Waals surface area (Å²) >= 11 is 12.6. The first-order chi connectivity index (χ1) is 22.5. The molecule has 4 rings (SSSR count). The first-order valence-corrected chi connectivity index (χ1v) is 17.8. The number of nitrogens with zero attached hydrogens (tertiary/aromatic N) is 2. The average molecular weight is 702 g/mol. The number of carbonyl (C=O) groups excluding carboxylic acids is 2. The summed E-state index contributed by atoms with van der Waals surface area (Å²) < 4.78 is 28.8. The van der Waals surface area contributed by atoms with Gasteiger partial charge >= 0.3 is 0 Å². The van der Waals surface area contributed by atoms with Gasteiger partial charge < -0.3 is 21.3 Å². The molecule has 0 aromatic heterocycles. The zero-order valence-corrected chi connectivity index (χ0v) is 28.8. The molecule has 1 saturated heterocycles. The predicted molar refractivity (Wildman–Crippen MR) is 186 cm³/mol. The summed E-state index contributed by atoms with van der Waals surface area (Å²) in [5.74, 6) is -0.432. The Hall–Kier alpha value is -3.48. The smallest absolute Gasteiger partial charge is 0.245 e. The summed E-state index contributed by atoms with van der Waals surface area (Å²) in [5, 5.41) is 14.0. The number of nitrogens with one attached hydrogen (secondary N) is 3. The Morgan fingerprint density at radius 3 is 2.32 bits per heavy atom. The summed E-state index contributed by atoms with van der Waals surface area (Å²) in [6.45, 7) is 3.60. The standard InChI is InChI=1S/C34H42Cl2N6O4S/c1-24-29(35)11-12-30(33(24)36)47(45,46)42(20-16-25-5-3-2-4-6-25)23-31(43)40-21-32(44)41(19-15-26-13-17-39-18-14-26)22-27-7-9-28(10-8-27)34(37)38/h2-12,26,39H,13-23H2,1H3,(H3,37,38)(H,40,43). The number of nitrogen functional groups attached to an aromatic ring is 1. The lowest BCUT2D eigenvalue weighted by molar-refractivity contribution is -0.133. The van der Waals surface area contributed by atoms with E-state index in [4.69, 9.17) is 34.3 Å². The molecule has 0 saturated carbocycles. The van der Waals surface area contributed by atoms with Gasteiger partial charge in [-0.25, -0.2) is 8.42 Å². The van der Waals surface area contributed by atoms with Crippen molar-refractivity contribution in [2.45, 2.75) is 44.0 Å². The molecule has 0 aliphatic carbocycles. The molecule has 252 valence electrons. The second-order valence-electron chi connectivity index (χ2n) is 11.7. The maximum Gasteiger partial charge on any atom is 0.245 e. The number of benzene rings is 3. The molecule has 0 bridgehead atoms. The second-order valence-corrected chi connectivity index (χ2v) is 14.4. The normalized spacial score (nSPS) is 13.8. The number of hydrogen-bond donors (Lipinski definition) is 4. The van der Waals surface area contributed by atoms with Crippen LogP contribution in [-0.4, -0.2) is 74.5 Å². The van der Waals surface area contributed by atoms with Crippen molar-refractivity contribution in [1.29, 1.82) is 5.41 Å². The second kappa shape index (κ2) is 17.1. The molecule has 2 amide bonds. The molecule has 47 heavy (non-hydrogen) atoms. The van der Waals surface area contributed by atoms with Gasteiger partial charge in [-0.05, 0) is 80.4 Å². The maximum atomic E-state index is 13.8. The Morgan fingerprint density at radius 2 is 1.66 bits per heavy atom. The van der Waals surface area contributed by atoms with E-state index in [9.17, 15) is 18.0 Å². The lowest BCUT2D eigenvalue weighted by Crippen LogP contribution is -2.45. The summed E-state index contributed by atoms with van der Waals surface area (Å²) in [5.41, 5.74) is 8.39.